The molecule has 9 heteroatoms. The Morgan fingerprint density at radius 3 is 2.36 bits per heavy atom. The van der Waals surface area contributed by atoms with Gasteiger partial charge in [-0.25, -0.2) is 12.7 Å². The zero-order valence-electron chi connectivity index (χ0n) is 16.1. The van der Waals surface area contributed by atoms with Crippen LogP contribution in [0.4, 0.5) is 0 Å². The fourth-order valence-electron chi connectivity index (χ4n) is 3.88. The molecule has 1 atom stereocenters. The molecule has 28 heavy (non-hydrogen) atoms. The molecule has 1 aromatic rings. The Balaban J connectivity index is 1.66. The first-order valence-corrected chi connectivity index (χ1v) is 12.1. The van der Waals surface area contributed by atoms with Crippen molar-refractivity contribution < 1.29 is 13.2 Å². The molecular weight excluding hydrogens is 421 g/mol. The molecule has 0 saturated carbocycles. The summed E-state index contributed by atoms with van der Waals surface area (Å²) in [6, 6.07) is 4.96. The fourth-order valence-corrected chi connectivity index (χ4v) is 6.25. The number of nitrogens with zero attached hydrogens (tertiary/aromatic N) is 3. The number of carbonyl (C=O) groups is 1. The predicted molar refractivity (Wildman–Crippen MR) is 112 cm³/mol. The highest BCUT2D eigenvalue weighted by Gasteiger charge is 2.35. The minimum absolute atomic E-state index is 0.0754. The number of piperazine rings is 1. The molecule has 2 saturated heterocycles. The van der Waals surface area contributed by atoms with Gasteiger partial charge in [0.25, 0.3) is 0 Å². The highest BCUT2D eigenvalue weighted by molar-refractivity contribution is 7.88. The van der Waals surface area contributed by atoms with E-state index in [0.29, 0.717) is 41.7 Å². The van der Waals surface area contributed by atoms with Gasteiger partial charge in [-0.05, 0) is 31.5 Å². The SMILES string of the molecule is CCN1CCN(C(=O)[C@@H]2CCCN(S(=O)(=O)Cc3c(Cl)cccc3Cl)C2)CC1. The Labute approximate surface area is 177 Å². The summed E-state index contributed by atoms with van der Waals surface area (Å²) >= 11 is 12.3. The summed E-state index contributed by atoms with van der Waals surface area (Å²) in [7, 11) is -3.61. The third-order valence-corrected chi connectivity index (χ3v) is 8.13. The molecule has 0 aromatic heterocycles. The van der Waals surface area contributed by atoms with Gasteiger partial charge in [0.2, 0.25) is 15.9 Å². The van der Waals surface area contributed by atoms with Gasteiger partial charge in [-0.3, -0.25) is 4.79 Å². The van der Waals surface area contributed by atoms with E-state index in [0.717, 1.165) is 26.1 Å². The van der Waals surface area contributed by atoms with Crippen LogP contribution in [0.5, 0.6) is 0 Å². The quantitative estimate of drug-likeness (QED) is 0.695. The van der Waals surface area contributed by atoms with E-state index in [1.807, 2.05) is 4.90 Å². The van der Waals surface area contributed by atoms with Gasteiger partial charge in [0.1, 0.15) is 0 Å². The normalized spacial score (nSPS) is 22.4. The number of benzene rings is 1. The molecule has 0 spiro atoms. The number of piperidine rings is 1. The second-order valence-electron chi connectivity index (χ2n) is 7.41. The van der Waals surface area contributed by atoms with Gasteiger partial charge < -0.3 is 9.80 Å². The molecule has 0 bridgehead atoms. The Hall–Kier alpha value is -0.860. The maximum absolute atomic E-state index is 13.0. The number of rotatable bonds is 5. The summed E-state index contributed by atoms with van der Waals surface area (Å²) in [6.07, 6.45) is 1.41. The third-order valence-electron chi connectivity index (χ3n) is 5.65. The topological polar surface area (TPSA) is 60.9 Å². The summed E-state index contributed by atoms with van der Waals surface area (Å²) in [6.45, 7) is 6.95. The number of hydrogen-bond donors (Lipinski definition) is 0. The van der Waals surface area contributed by atoms with E-state index in [2.05, 4.69) is 11.8 Å². The summed E-state index contributed by atoms with van der Waals surface area (Å²) < 4.78 is 27.4. The molecule has 3 rings (SSSR count). The van der Waals surface area contributed by atoms with Crippen molar-refractivity contribution in [2.24, 2.45) is 5.92 Å². The zero-order valence-corrected chi connectivity index (χ0v) is 18.4. The van der Waals surface area contributed by atoms with Gasteiger partial charge in [-0.1, -0.05) is 36.2 Å². The second kappa shape index (κ2) is 9.30. The lowest BCUT2D eigenvalue weighted by atomic mass is 9.98. The van der Waals surface area contributed by atoms with Crippen LogP contribution < -0.4 is 0 Å². The van der Waals surface area contributed by atoms with Crippen LogP contribution in [0.2, 0.25) is 10.0 Å². The number of sulfonamides is 1. The number of hydrogen-bond acceptors (Lipinski definition) is 4. The van der Waals surface area contributed by atoms with E-state index < -0.39 is 10.0 Å². The lowest BCUT2D eigenvalue weighted by molar-refractivity contribution is -0.138. The smallest absolute Gasteiger partial charge is 0.227 e. The summed E-state index contributed by atoms with van der Waals surface area (Å²) in [5, 5.41) is 0.684. The van der Waals surface area contributed by atoms with E-state index >= 15 is 0 Å². The van der Waals surface area contributed by atoms with Crippen molar-refractivity contribution >= 4 is 39.1 Å². The molecule has 2 aliphatic heterocycles. The van der Waals surface area contributed by atoms with Gasteiger partial charge in [0.05, 0.1) is 11.7 Å². The molecule has 2 heterocycles. The molecule has 6 nitrogen and oxygen atoms in total. The minimum Gasteiger partial charge on any atom is -0.340 e. The van der Waals surface area contributed by atoms with Crippen molar-refractivity contribution in [1.29, 1.82) is 0 Å². The molecule has 0 N–H and O–H groups in total. The highest BCUT2D eigenvalue weighted by Crippen LogP contribution is 2.29. The average Bonchev–Trinajstić information content (AvgIpc) is 2.70. The first-order chi connectivity index (χ1) is 13.3. The first-order valence-electron chi connectivity index (χ1n) is 9.73. The maximum Gasteiger partial charge on any atom is 0.227 e. The summed E-state index contributed by atoms with van der Waals surface area (Å²) in [5.74, 6) is -0.452. The Morgan fingerprint density at radius 1 is 1.11 bits per heavy atom. The standard InChI is InChI=1S/C19H27Cl2N3O3S/c1-2-22-9-11-23(12-10-22)19(25)15-5-4-8-24(13-15)28(26,27)14-16-17(20)6-3-7-18(16)21/h3,6-7,15H,2,4-5,8-14H2,1H3/t15-/m1/s1. The molecule has 0 unspecified atom stereocenters. The van der Waals surface area contributed by atoms with Gasteiger partial charge in [0.15, 0.2) is 0 Å². The van der Waals surface area contributed by atoms with Crippen molar-refractivity contribution in [1.82, 2.24) is 14.1 Å². The van der Waals surface area contributed by atoms with Gasteiger partial charge in [-0.15, -0.1) is 0 Å². The zero-order chi connectivity index (χ0) is 20.3. The highest BCUT2D eigenvalue weighted by atomic mass is 35.5. The maximum atomic E-state index is 13.0. The minimum atomic E-state index is -3.61. The van der Waals surface area contributed by atoms with Crippen LogP contribution in [0.25, 0.3) is 0 Å². The molecule has 0 aliphatic carbocycles. The monoisotopic (exact) mass is 447 g/mol. The van der Waals surface area contributed by atoms with Crippen molar-refractivity contribution in [3.63, 3.8) is 0 Å². The van der Waals surface area contributed by atoms with E-state index in [-0.39, 0.29) is 24.1 Å². The molecule has 2 fully saturated rings. The molecule has 156 valence electrons. The van der Waals surface area contributed by atoms with Crippen LogP contribution >= 0.6 is 23.2 Å². The predicted octanol–water partition coefficient (Wildman–Crippen LogP) is 2.70. The molecular formula is C19H27Cl2N3O3S. The van der Waals surface area contributed by atoms with Crippen LogP contribution in [0.3, 0.4) is 0 Å². The number of carbonyl (C=O) groups excluding carboxylic acids is 1. The second-order valence-corrected chi connectivity index (χ2v) is 10.2. The van der Waals surface area contributed by atoms with Gasteiger partial charge in [-0.2, -0.15) is 0 Å². The lowest BCUT2D eigenvalue weighted by Crippen LogP contribution is -2.53. The molecule has 1 aromatic carbocycles. The Kier molecular flexibility index (Phi) is 7.26. The Morgan fingerprint density at radius 2 is 1.75 bits per heavy atom. The fraction of sp³-hybridized carbons (Fsp3) is 0.632. The molecule has 2 aliphatic rings. The largest absolute Gasteiger partial charge is 0.340 e. The van der Waals surface area contributed by atoms with E-state index in [9.17, 15) is 13.2 Å². The number of amides is 1. The van der Waals surface area contributed by atoms with Crippen LogP contribution in [0, 0.1) is 5.92 Å². The van der Waals surface area contributed by atoms with Crippen LogP contribution in [0.1, 0.15) is 25.3 Å². The van der Waals surface area contributed by atoms with Gasteiger partial charge >= 0.3 is 0 Å². The number of halogens is 2. The summed E-state index contributed by atoms with van der Waals surface area (Å²) in [4.78, 5) is 17.1. The average molecular weight is 448 g/mol. The lowest BCUT2D eigenvalue weighted by Gasteiger charge is -2.38. The van der Waals surface area contributed by atoms with Gasteiger partial charge in [0, 0.05) is 54.9 Å². The van der Waals surface area contributed by atoms with Crippen LogP contribution in [0.15, 0.2) is 18.2 Å². The van der Waals surface area contributed by atoms with Crippen molar-refractivity contribution in [3.05, 3.63) is 33.8 Å². The van der Waals surface area contributed by atoms with Crippen molar-refractivity contribution in [2.75, 3.05) is 45.8 Å². The molecule has 0 radical (unpaired) electrons. The van der Waals surface area contributed by atoms with Crippen molar-refractivity contribution in [3.8, 4) is 0 Å². The van der Waals surface area contributed by atoms with E-state index in [1.165, 1.54) is 4.31 Å². The van der Waals surface area contributed by atoms with Crippen LogP contribution in [-0.2, 0) is 20.6 Å². The first kappa shape index (κ1) is 21.8. The third kappa shape index (κ3) is 5.00. The van der Waals surface area contributed by atoms with E-state index in [4.69, 9.17) is 23.2 Å². The summed E-state index contributed by atoms with van der Waals surface area (Å²) in [5.41, 5.74) is 0.412. The van der Waals surface area contributed by atoms with Crippen molar-refractivity contribution in [2.45, 2.75) is 25.5 Å². The van der Waals surface area contributed by atoms with Crippen LogP contribution in [-0.4, -0.2) is 74.2 Å². The number of likely N-dealkylation sites (N-methyl/N-ethyl adjacent to an activating group) is 1. The Bertz CT molecular complexity index is 790. The van der Waals surface area contributed by atoms with E-state index in [1.54, 1.807) is 18.2 Å². The molecule has 1 amide bonds.